The Bertz CT molecular complexity index is 897. The van der Waals surface area contributed by atoms with Gasteiger partial charge in [0.25, 0.3) is 0 Å². The van der Waals surface area contributed by atoms with Crippen LogP contribution >= 0.6 is 23.2 Å². The minimum atomic E-state index is -0.831. The Morgan fingerprint density at radius 1 is 0.818 bits per heavy atom. The summed E-state index contributed by atoms with van der Waals surface area (Å²) in [5, 5.41) is 11.9. The molecule has 5 nitrogen and oxygen atoms in total. The zero-order valence-electron chi connectivity index (χ0n) is 19.1. The van der Waals surface area contributed by atoms with Crippen LogP contribution in [0.1, 0.15) is 37.7 Å². The molecule has 2 aliphatic rings. The van der Waals surface area contributed by atoms with Crippen LogP contribution in [0.2, 0.25) is 10.0 Å². The Labute approximate surface area is 207 Å². The average Bonchev–Trinajstić information content (AvgIpc) is 2.83. The van der Waals surface area contributed by atoms with E-state index < -0.39 is 5.60 Å². The molecule has 2 heterocycles. The molecule has 0 aromatic heterocycles. The van der Waals surface area contributed by atoms with E-state index in [1.54, 1.807) is 18.2 Å². The Balaban J connectivity index is 1.20. The van der Waals surface area contributed by atoms with Crippen molar-refractivity contribution in [3.8, 4) is 11.5 Å². The van der Waals surface area contributed by atoms with E-state index >= 15 is 0 Å². The smallest absolute Gasteiger partial charge is 0.121 e. The van der Waals surface area contributed by atoms with Crippen LogP contribution < -0.4 is 9.47 Å². The minimum Gasteiger partial charge on any atom is -0.492 e. The highest BCUT2D eigenvalue weighted by atomic mass is 35.5. The summed E-state index contributed by atoms with van der Waals surface area (Å²) in [7, 11) is 0. The topological polar surface area (TPSA) is 45.2 Å². The van der Waals surface area contributed by atoms with Gasteiger partial charge in [0.05, 0.1) is 10.0 Å². The molecule has 2 aliphatic heterocycles. The number of hydrogen-bond donors (Lipinski definition) is 1. The number of piperidine rings is 2. The van der Waals surface area contributed by atoms with Gasteiger partial charge in [-0.15, -0.1) is 0 Å². The van der Waals surface area contributed by atoms with E-state index in [-0.39, 0.29) is 6.61 Å². The largest absolute Gasteiger partial charge is 0.492 e. The average molecular weight is 493 g/mol. The first-order chi connectivity index (χ1) is 16.0. The molecular weight excluding hydrogens is 459 g/mol. The molecule has 33 heavy (non-hydrogen) atoms. The number of benzene rings is 2. The Kier molecular flexibility index (Phi) is 8.78. The van der Waals surface area contributed by atoms with Gasteiger partial charge in [-0.05, 0) is 68.6 Å². The lowest BCUT2D eigenvalue weighted by Crippen LogP contribution is -2.47. The van der Waals surface area contributed by atoms with Crippen molar-refractivity contribution in [2.75, 3.05) is 45.9 Å². The Hall–Kier alpha value is -1.50. The van der Waals surface area contributed by atoms with Gasteiger partial charge in [0, 0.05) is 32.2 Å². The fourth-order valence-corrected chi connectivity index (χ4v) is 4.81. The number of nitrogens with zero attached hydrogens (tertiary/aromatic N) is 2. The lowest BCUT2D eigenvalue weighted by atomic mass is 9.92. The highest BCUT2D eigenvalue weighted by molar-refractivity contribution is 6.42. The van der Waals surface area contributed by atoms with Crippen molar-refractivity contribution in [3.63, 3.8) is 0 Å². The molecule has 1 N–H and O–H groups in total. The number of rotatable bonds is 9. The van der Waals surface area contributed by atoms with Gasteiger partial charge in [-0.25, -0.2) is 0 Å². The number of aliphatic hydroxyl groups is 1. The summed E-state index contributed by atoms with van der Waals surface area (Å²) in [6.45, 7) is 6.87. The van der Waals surface area contributed by atoms with Crippen LogP contribution in [0, 0.1) is 0 Å². The summed E-state index contributed by atoms with van der Waals surface area (Å²) in [5.41, 5.74) is 0.408. The molecule has 2 saturated heterocycles. The second kappa shape index (κ2) is 11.8. The summed E-state index contributed by atoms with van der Waals surface area (Å²) < 4.78 is 11.8. The van der Waals surface area contributed by atoms with E-state index in [1.165, 1.54) is 37.9 Å². The van der Waals surface area contributed by atoms with Crippen LogP contribution in [0.15, 0.2) is 42.5 Å². The molecule has 0 saturated carbocycles. The van der Waals surface area contributed by atoms with E-state index in [0.29, 0.717) is 28.6 Å². The molecule has 180 valence electrons. The third-order valence-electron chi connectivity index (χ3n) is 6.61. The fraction of sp³-hybridized carbons (Fsp3) is 0.538. The van der Waals surface area contributed by atoms with Crippen molar-refractivity contribution in [2.45, 2.75) is 44.2 Å². The predicted octanol–water partition coefficient (Wildman–Crippen LogP) is 5.26. The van der Waals surface area contributed by atoms with Gasteiger partial charge >= 0.3 is 0 Å². The first-order valence-electron chi connectivity index (χ1n) is 12.0. The normalized spacial score (nSPS) is 19.4. The Morgan fingerprint density at radius 3 is 2.33 bits per heavy atom. The standard InChI is InChI=1S/C26H34Cl2N2O3/c27-24-8-7-23(18-25(24)28)33-20-26(31)9-13-30(14-10-26)19-21-5-4-6-22(17-21)32-16-15-29-11-2-1-3-12-29/h4-8,17-18,31H,1-3,9-16,19-20H2. The molecule has 2 aromatic rings. The Morgan fingerprint density at radius 2 is 1.58 bits per heavy atom. The predicted molar refractivity (Wildman–Crippen MR) is 134 cm³/mol. The minimum absolute atomic E-state index is 0.249. The molecule has 2 aromatic carbocycles. The molecule has 0 atom stereocenters. The maximum absolute atomic E-state index is 11.0. The quantitative estimate of drug-likeness (QED) is 0.516. The second-order valence-electron chi connectivity index (χ2n) is 9.26. The number of halogens is 2. The number of ether oxygens (including phenoxy) is 2. The van der Waals surface area contributed by atoms with Crippen molar-refractivity contribution in [1.29, 1.82) is 0 Å². The zero-order valence-corrected chi connectivity index (χ0v) is 20.7. The van der Waals surface area contributed by atoms with Gasteiger partial charge in [0.15, 0.2) is 0 Å². The summed E-state index contributed by atoms with van der Waals surface area (Å²) in [4.78, 5) is 4.87. The van der Waals surface area contributed by atoms with Crippen LogP contribution in [0.3, 0.4) is 0 Å². The molecule has 0 spiro atoms. The number of hydrogen-bond acceptors (Lipinski definition) is 5. The third-order valence-corrected chi connectivity index (χ3v) is 7.35. The van der Waals surface area contributed by atoms with Crippen molar-refractivity contribution in [1.82, 2.24) is 9.80 Å². The van der Waals surface area contributed by atoms with E-state index in [1.807, 2.05) is 6.07 Å². The molecule has 0 amide bonds. The lowest BCUT2D eigenvalue weighted by molar-refractivity contribution is -0.0537. The number of likely N-dealkylation sites (tertiary alicyclic amines) is 2. The maximum atomic E-state index is 11.0. The van der Waals surface area contributed by atoms with Gasteiger partial charge in [0.2, 0.25) is 0 Å². The van der Waals surface area contributed by atoms with E-state index in [2.05, 4.69) is 28.0 Å². The molecule has 4 rings (SSSR count). The fourth-order valence-electron chi connectivity index (χ4n) is 4.52. The summed E-state index contributed by atoms with van der Waals surface area (Å²) in [6, 6.07) is 13.6. The zero-order chi connectivity index (χ0) is 23.1. The van der Waals surface area contributed by atoms with E-state index in [0.717, 1.165) is 38.5 Å². The molecule has 2 fully saturated rings. The third kappa shape index (κ3) is 7.49. The second-order valence-corrected chi connectivity index (χ2v) is 10.1. The van der Waals surface area contributed by atoms with Gasteiger partial charge in [-0.3, -0.25) is 9.80 Å². The molecule has 7 heteroatoms. The van der Waals surface area contributed by atoms with Gasteiger partial charge in [-0.2, -0.15) is 0 Å². The van der Waals surface area contributed by atoms with E-state index in [9.17, 15) is 5.11 Å². The molecule has 0 radical (unpaired) electrons. The van der Waals surface area contributed by atoms with Crippen LogP contribution in [0.4, 0.5) is 0 Å². The van der Waals surface area contributed by atoms with Crippen molar-refractivity contribution in [3.05, 3.63) is 58.1 Å². The molecule has 0 bridgehead atoms. The van der Waals surface area contributed by atoms with Crippen molar-refractivity contribution < 1.29 is 14.6 Å². The monoisotopic (exact) mass is 492 g/mol. The summed E-state index contributed by atoms with van der Waals surface area (Å²) >= 11 is 12.0. The highest BCUT2D eigenvalue weighted by Crippen LogP contribution is 2.29. The van der Waals surface area contributed by atoms with Crippen molar-refractivity contribution >= 4 is 23.2 Å². The first-order valence-corrected chi connectivity index (χ1v) is 12.7. The first kappa shape index (κ1) is 24.6. The summed E-state index contributed by atoms with van der Waals surface area (Å²) in [5.74, 6) is 1.56. The maximum Gasteiger partial charge on any atom is 0.121 e. The van der Waals surface area contributed by atoms with Gasteiger partial charge in [0.1, 0.15) is 30.3 Å². The van der Waals surface area contributed by atoms with Crippen LogP contribution in [-0.4, -0.2) is 66.4 Å². The molecule has 0 aliphatic carbocycles. The van der Waals surface area contributed by atoms with Gasteiger partial charge in [-0.1, -0.05) is 41.8 Å². The molecule has 0 unspecified atom stereocenters. The SMILES string of the molecule is OC1(COc2ccc(Cl)c(Cl)c2)CCN(Cc2cccc(OCCN3CCCCC3)c2)CC1. The summed E-state index contributed by atoms with van der Waals surface area (Å²) in [6.07, 6.45) is 5.31. The van der Waals surface area contributed by atoms with Crippen LogP contribution in [-0.2, 0) is 6.54 Å². The van der Waals surface area contributed by atoms with Gasteiger partial charge < -0.3 is 14.6 Å². The molecular formula is C26H34Cl2N2O3. The highest BCUT2D eigenvalue weighted by Gasteiger charge is 2.33. The van der Waals surface area contributed by atoms with Crippen LogP contribution in [0.25, 0.3) is 0 Å². The van der Waals surface area contributed by atoms with E-state index in [4.69, 9.17) is 32.7 Å². The lowest BCUT2D eigenvalue weighted by Gasteiger charge is -2.38. The van der Waals surface area contributed by atoms with Crippen molar-refractivity contribution in [2.24, 2.45) is 0 Å². The van der Waals surface area contributed by atoms with Crippen LogP contribution in [0.5, 0.6) is 11.5 Å².